The molecule has 0 aliphatic carbocycles. The van der Waals surface area contributed by atoms with Crippen LogP contribution in [-0.4, -0.2) is 5.52 Å². The standard InChI is InChI=1S/C25H28NO2P/c1-16-13-17(2)24(18(3)14-16)25(27)29(28,15-21-9-7-6-8-10-21)23-12-11-22(26)19(4)20(23)5/h6-14H,15,26H2,1-5H3. The van der Waals surface area contributed by atoms with Gasteiger partial charge in [0.05, 0.1) is 0 Å². The van der Waals surface area contributed by atoms with Crippen LogP contribution in [0.3, 0.4) is 0 Å². The molecule has 2 N–H and O–H groups in total. The van der Waals surface area contributed by atoms with Crippen molar-refractivity contribution in [2.75, 3.05) is 5.73 Å². The summed E-state index contributed by atoms with van der Waals surface area (Å²) in [4.78, 5) is 13.9. The smallest absolute Gasteiger partial charge is 0.226 e. The fourth-order valence-corrected chi connectivity index (χ4v) is 7.02. The molecule has 0 bridgehead atoms. The number of rotatable bonds is 5. The first-order valence-corrected chi connectivity index (χ1v) is 11.7. The van der Waals surface area contributed by atoms with E-state index in [2.05, 4.69) is 0 Å². The average molecular weight is 405 g/mol. The zero-order valence-corrected chi connectivity index (χ0v) is 18.6. The van der Waals surface area contributed by atoms with E-state index in [4.69, 9.17) is 5.73 Å². The lowest BCUT2D eigenvalue weighted by molar-refractivity contribution is 0.107. The minimum absolute atomic E-state index is 0.198. The van der Waals surface area contributed by atoms with E-state index in [-0.39, 0.29) is 11.7 Å². The van der Waals surface area contributed by atoms with Gasteiger partial charge in [-0.05, 0) is 74.6 Å². The zero-order valence-electron chi connectivity index (χ0n) is 17.7. The van der Waals surface area contributed by atoms with Crippen molar-refractivity contribution in [3.63, 3.8) is 0 Å². The lowest BCUT2D eigenvalue weighted by Crippen LogP contribution is -2.20. The molecule has 4 heteroatoms. The van der Waals surface area contributed by atoms with Crippen LogP contribution >= 0.6 is 7.14 Å². The van der Waals surface area contributed by atoms with E-state index in [0.29, 0.717) is 16.6 Å². The predicted molar refractivity (Wildman–Crippen MR) is 123 cm³/mol. The van der Waals surface area contributed by atoms with Crippen LogP contribution in [0.25, 0.3) is 0 Å². The number of carbonyl (C=O) groups is 1. The predicted octanol–water partition coefficient (Wildman–Crippen LogP) is 5.84. The second-order valence-corrected chi connectivity index (χ2v) is 10.6. The van der Waals surface area contributed by atoms with E-state index in [9.17, 15) is 9.36 Å². The van der Waals surface area contributed by atoms with Crippen molar-refractivity contribution in [2.24, 2.45) is 0 Å². The van der Waals surface area contributed by atoms with Crippen molar-refractivity contribution in [1.29, 1.82) is 0 Å². The van der Waals surface area contributed by atoms with Gasteiger partial charge in [-0.3, -0.25) is 4.79 Å². The van der Waals surface area contributed by atoms with Gasteiger partial charge >= 0.3 is 0 Å². The lowest BCUT2D eigenvalue weighted by Gasteiger charge is -2.23. The summed E-state index contributed by atoms with van der Waals surface area (Å²) in [5.74, 6) is 0. The van der Waals surface area contributed by atoms with Crippen molar-refractivity contribution in [3.8, 4) is 0 Å². The van der Waals surface area contributed by atoms with Gasteiger partial charge in [0.15, 0.2) is 7.14 Å². The summed E-state index contributed by atoms with van der Waals surface area (Å²) in [6.07, 6.45) is 0.198. The number of benzene rings is 3. The topological polar surface area (TPSA) is 60.2 Å². The molecule has 3 aromatic rings. The molecule has 0 aliphatic heterocycles. The number of hydrogen-bond donors (Lipinski definition) is 1. The van der Waals surface area contributed by atoms with Crippen LogP contribution in [0.1, 0.15) is 43.7 Å². The largest absolute Gasteiger partial charge is 0.399 e. The van der Waals surface area contributed by atoms with E-state index in [1.807, 2.05) is 77.1 Å². The Morgan fingerprint density at radius 3 is 2.03 bits per heavy atom. The third kappa shape index (κ3) is 3.93. The maximum atomic E-state index is 14.6. The third-order valence-electron chi connectivity index (χ3n) is 5.66. The van der Waals surface area contributed by atoms with Crippen LogP contribution in [0, 0.1) is 34.6 Å². The molecule has 0 aliphatic rings. The maximum absolute atomic E-state index is 14.6. The van der Waals surface area contributed by atoms with Crippen LogP contribution in [-0.2, 0) is 10.7 Å². The van der Waals surface area contributed by atoms with Crippen molar-refractivity contribution in [3.05, 3.63) is 93.5 Å². The van der Waals surface area contributed by atoms with Gasteiger partial charge < -0.3 is 10.3 Å². The summed E-state index contributed by atoms with van der Waals surface area (Å²) in [5.41, 5.74) is 12.4. The fourth-order valence-electron chi connectivity index (χ4n) is 4.02. The highest BCUT2D eigenvalue weighted by Gasteiger charge is 2.38. The van der Waals surface area contributed by atoms with Crippen molar-refractivity contribution in [2.45, 2.75) is 40.8 Å². The summed E-state index contributed by atoms with van der Waals surface area (Å²) in [7, 11) is -3.45. The fraction of sp³-hybridized carbons (Fsp3) is 0.240. The second kappa shape index (κ2) is 8.00. The van der Waals surface area contributed by atoms with Gasteiger partial charge in [0.1, 0.15) is 0 Å². The molecule has 3 rings (SSSR count). The van der Waals surface area contributed by atoms with Gasteiger partial charge in [0.2, 0.25) is 5.52 Å². The molecule has 0 fully saturated rings. The summed E-state index contributed by atoms with van der Waals surface area (Å²) in [6.45, 7) is 9.66. The first-order chi connectivity index (χ1) is 13.6. The van der Waals surface area contributed by atoms with Crippen LogP contribution in [0.15, 0.2) is 54.6 Å². The molecule has 1 atom stereocenters. The van der Waals surface area contributed by atoms with E-state index in [0.717, 1.165) is 33.4 Å². The Morgan fingerprint density at radius 2 is 1.45 bits per heavy atom. The Hall–Kier alpha value is -2.64. The zero-order chi connectivity index (χ0) is 21.3. The Labute approximate surface area is 173 Å². The highest BCUT2D eigenvalue weighted by atomic mass is 31.2. The number of aryl methyl sites for hydroxylation is 3. The Bertz CT molecular complexity index is 1110. The average Bonchev–Trinajstić information content (AvgIpc) is 2.66. The van der Waals surface area contributed by atoms with Crippen molar-refractivity contribution < 1.29 is 9.36 Å². The SMILES string of the molecule is Cc1cc(C)c(C(=O)P(=O)(Cc2ccccc2)c2ccc(N)c(C)c2C)c(C)c1. The van der Waals surface area contributed by atoms with E-state index in [1.165, 1.54) is 0 Å². The molecule has 0 radical (unpaired) electrons. The van der Waals surface area contributed by atoms with Gasteiger partial charge in [0.25, 0.3) is 0 Å². The summed E-state index contributed by atoms with van der Waals surface area (Å²) in [5, 5.41) is 0.609. The van der Waals surface area contributed by atoms with Gasteiger partial charge in [-0.25, -0.2) is 0 Å². The molecule has 0 saturated heterocycles. The first-order valence-electron chi connectivity index (χ1n) is 9.77. The number of anilines is 1. The molecule has 0 spiro atoms. The molecular weight excluding hydrogens is 377 g/mol. The summed E-state index contributed by atoms with van der Waals surface area (Å²) >= 11 is 0. The molecule has 150 valence electrons. The molecule has 29 heavy (non-hydrogen) atoms. The number of hydrogen-bond acceptors (Lipinski definition) is 3. The molecule has 0 amide bonds. The molecule has 1 unspecified atom stereocenters. The van der Waals surface area contributed by atoms with Gasteiger partial charge in [-0.1, -0.05) is 48.0 Å². The Kier molecular flexibility index (Phi) is 5.82. The highest BCUT2D eigenvalue weighted by molar-refractivity contribution is 7.87. The van der Waals surface area contributed by atoms with Crippen LogP contribution < -0.4 is 11.0 Å². The van der Waals surface area contributed by atoms with Crippen LogP contribution in [0.4, 0.5) is 5.69 Å². The van der Waals surface area contributed by atoms with E-state index < -0.39 is 7.14 Å². The van der Waals surface area contributed by atoms with Crippen molar-refractivity contribution >= 4 is 23.7 Å². The molecule has 0 aromatic heterocycles. The molecule has 3 aromatic carbocycles. The maximum Gasteiger partial charge on any atom is 0.226 e. The number of nitrogens with two attached hydrogens (primary N) is 1. The third-order valence-corrected chi connectivity index (χ3v) is 8.61. The summed E-state index contributed by atoms with van der Waals surface area (Å²) < 4.78 is 14.6. The Morgan fingerprint density at radius 1 is 0.862 bits per heavy atom. The van der Waals surface area contributed by atoms with Gasteiger partial charge in [-0.2, -0.15) is 0 Å². The molecule has 3 nitrogen and oxygen atoms in total. The second-order valence-electron chi connectivity index (χ2n) is 7.89. The minimum atomic E-state index is -3.45. The first kappa shape index (κ1) is 21.1. The Balaban J connectivity index is 2.26. The van der Waals surface area contributed by atoms with Crippen LogP contribution in [0.2, 0.25) is 0 Å². The van der Waals surface area contributed by atoms with Gasteiger partial charge in [-0.15, -0.1) is 0 Å². The quantitative estimate of drug-likeness (QED) is 0.428. The van der Waals surface area contributed by atoms with Crippen molar-refractivity contribution in [1.82, 2.24) is 0 Å². The van der Waals surface area contributed by atoms with Crippen LogP contribution in [0.5, 0.6) is 0 Å². The number of carbonyl (C=O) groups excluding carboxylic acids is 1. The van der Waals surface area contributed by atoms with E-state index in [1.54, 1.807) is 12.1 Å². The number of nitrogen functional groups attached to an aromatic ring is 1. The highest BCUT2D eigenvalue weighted by Crippen LogP contribution is 2.53. The molecular formula is C25H28NO2P. The summed E-state index contributed by atoms with van der Waals surface area (Å²) in [6, 6.07) is 17.1. The molecule has 0 heterocycles. The minimum Gasteiger partial charge on any atom is -0.399 e. The molecule has 0 saturated carbocycles. The normalized spacial score (nSPS) is 13.1. The van der Waals surface area contributed by atoms with Gasteiger partial charge in [0, 0.05) is 22.7 Å². The monoisotopic (exact) mass is 405 g/mol. The van der Waals surface area contributed by atoms with E-state index >= 15 is 0 Å². The lowest BCUT2D eigenvalue weighted by atomic mass is 10.0.